The first-order valence-corrected chi connectivity index (χ1v) is 24.0. The van der Waals surface area contributed by atoms with E-state index in [0.717, 1.165) is 58.1 Å². The Balaban J connectivity index is 0.950. The maximum absolute atomic E-state index is 12.7. The lowest BCUT2D eigenvalue weighted by Gasteiger charge is -2.24. The molecule has 64 heavy (non-hydrogen) atoms. The van der Waals surface area contributed by atoms with E-state index in [1.165, 1.54) is 66.6 Å². The predicted molar refractivity (Wildman–Crippen MR) is 267 cm³/mol. The zero-order chi connectivity index (χ0) is 45.3. The number of rotatable bonds is 20. The smallest absolute Gasteiger partial charge is 0.220 e. The number of hydrogen-bond acceptors (Lipinski definition) is 5. The van der Waals surface area contributed by atoms with Gasteiger partial charge in [0.15, 0.2) is 5.71 Å². The second-order valence-electron chi connectivity index (χ2n) is 20.2. The van der Waals surface area contributed by atoms with Crippen LogP contribution in [0.25, 0.3) is 21.5 Å². The minimum atomic E-state index is -0.169. The number of nitrogens with zero attached hydrogens (tertiary/aromatic N) is 2. The largest absolute Gasteiger partial charge is 0.379 e. The zero-order valence-corrected chi connectivity index (χ0v) is 40.2. The van der Waals surface area contributed by atoms with E-state index in [0.29, 0.717) is 46.0 Å². The molecule has 0 saturated carbocycles. The van der Waals surface area contributed by atoms with Crippen molar-refractivity contribution in [2.24, 2.45) is 5.41 Å². The van der Waals surface area contributed by atoms with Gasteiger partial charge in [0.1, 0.15) is 6.54 Å². The lowest BCUT2D eigenvalue weighted by Crippen LogP contribution is -2.28. The van der Waals surface area contributed by atoms with E-state index in [-0.39, 0.29) is 22.2 Å². The van der Waals surface area contributed by atoms with Gasteiger partial charge in [-0.15, -0.1) is 0 Å². The maximum atomic E-state index is 12.7. The summed E-state index contributed by atoms with van der Waals surface area (Å²) in [4.78, 5) is 15.1. The van der Waals surface area contributed by atoms with Crippen molar-refractivity contribution in [1.29, 1.82) is 0 Å². The standard InChI is InChI=1S/C57H73N3O4/c1-55(2,3)32-35-62-37-39-64-40-38-63-36-33-58-52(61)23-10-9-15-34-60-49-29-27-45-20-12-14-22-47(45)54(49)57(6,7)51(60)31-25-43-18-16-17-42(41-43)24-30-50-56(4,5)53-46-21-13-11-19-44(46)26-28-48(53)59(50)8/h11-14,19-22,24-31,41H,9-10,15-18,23,32-40H2,1-8H3/p+1. The Morgan fingerprint density at radius 3 is 2.11 bits per heavy atom. The molecule has 2 aliphatic heterocycles. The molecule has 340 valence electrons. The molecule has 7 heteroatoms. The van der Waals surface area contributed by atoms with Gasteiger partial charge in [-0.25, -0.2) is 0 Å². The summed E-state index contributed by atoms with van der Waals surface area (Å²) in [6.07, 6.45) is 19.7. The molecule has 0 aromatic heterocycles. The van der Waals surface area contributed by atoms with Gasteiger partial charge in [0.05, 0.1) is 38.4 Å². The second-order valence-corrected chi connectivity index (χ2v) is 20.2. The predicted octanol–water partition coefficient (Wildman–Crippen LogP) is 12.4. The first-order chi connectivity index (χ1) is 30.8. The molecule has 0 atom stereocenters. The fourth-order valence-electron chi connectivity index (χ4n) is 9.99. The molecule has 7 rings (SSSR count). The highest BCUT2D eigenvalue weighted by atomic mass is 16.5. The van der Waals surface area contributed by atoms with Crippen molar-refractivity contribution in [2.45, 2.75) is 111 Å². The molecule has 3 aliphatic rings. The van der Waals surface area contributed by atoms with Crippen molar-refractivity contribution in [3.8, 4) is 0 Å². The molecule has 1 N–H and O–H groups in total. The normalized spacial score (nSPS) is 18.2. The molecule has 0 radical (unpaired) electrons. The van der Waals surface area contributed by atoms with Gasteiger partial charge < -0.3 is 24.4 Å². The number of likely N-dealkylation sites (N-methyl/N-ethyl adjacent to an activating group) is 1. The summed E-state index contributed by atoms with van der Waals surface area (Å²) in [6, 6.07) is 26.7. The zero-order valence-electron chi connectivity index (χ0n) is 40.2. The average Bonchev–Trinajstić information content (AvgIpc) is 3.61. The van der Waals surface area contributed by atoms with Crippen LogP contribution in [0.15, 0.2) is 120 Å². The minimum absolute atomic E-state index is 0.0876. The van der Waals surface area contributed by atoms with Crippen molar-refractivity contribution in [2.75, 3.05) is 64.7 Å². The van der Waals surface area contributed by atoms with Crippen molar-refractivity contribution >= 4 is 44.5 Å². The van der Waals surface area contributed by atoms with Crippen LogP contribution in [-0.4, -0.2) is 76.0 Å². The van der Waals surface area contributed by atoms with Crippen LogP contribution >= 0.6 is 0 Å². The Bertz CT molecular complexity index is 2440. The number of anilines is 1. The molecule has 0 bridgehead atoms. The summed E-state index contributed by atoms with van der Waals surface area (Å²) >= 11 is 0. The molecule has 1 aliphatic carbocycles. The van der Waals surface area contributed by atoms with Crippen molar-refractivity contribution < 1.29 is 23.6 Å². The number of benzene rings is 4. The number of ether oxygens (including phenoxy) is 3. The molecule has 7 nitrogen and oxygen atoms in total. The molecule has 1 amide bonds. The molecule has 0 spiro atoms. The Hall–Kier alpha value is -4.82. The van der Waals surface area contributed by atoms with Gasteiger partial charge in [-0.05, 0) is 114 Å². The fraction of sp³-hybridized carbons (Fsp3) is 0.474. The number of nitrogens with one attached hydrogen (secondary N) is 1. The van der Waals surface area contributed by atoms with E-state index in [1.807, 2.05) is 0 Å². The lowest BCUT2D eigenvalue weighted by atomic mass is 9.79. The van der Waals surface area contributed by atoms with Gasteiger partial charge >= 0.3 is 0 Å². The summed E-state index contributed by atoms with van der Waals surface area (Å²) in [5.74, 6) is 0.0876. The molecule has 0 saturated heterocycles. The third kappa shape index (κ3) is 11.2. The average molecular weight is 865 g/mol. The molecule has 4 aromatic rings. The van der Waals surface area contributed by atoms with Crippen LogP contribution in [0.5, 0.6) is 0 Å². The Kier molecular flexibility index (Phi) is 15.5. The van der Waals surface area contributed by atoms with Gasteiger partial charge in [0, 0.05) is 67.5 Å². The van der Waals surface area contributed by atoms with Crippen LogP contribution < -0.4 is 10.2 Å². The first kappa shape index (κ1) is 47.2. The fourth-order valence-corrected chi connectivity index (χ4v) is 9.99. The number of amides is 1. The Labute approximate surface area is 383 Å². The molecule has 2 heterocycles. The minimum Gasteiger partial charge on any atom is -0.379 e. The van der Waals surface area contributed by atoms with E-state index in [2.05, 4.69) is 173 Å². The SMILES string of the molecule is CN1/C(=C/C=C2C=C(/C=C/C3=[N+](CCCCCC(=O)NCCOCCOCCOCCC(C)(C)C)c4ccc5ccccc5c4C3(C)C)CCC/2)C(C)(C)c2c1ccc1ccccc21. The number of carbonyl (C=O) groups is 1. The van der Waals surface area contributed by atoms with E-state index >= 15 is 0 Å². The molecule has 0 unspecified atom stereocenters. The lowest BCUT2D eigenvalue weighted by molar-refractivity contribution is -0.438. The second kappa shape index (κ2) is 21.0. The summed E-state index contributed by atoms with van der Waals surface area (Å²) in [6.45, 7) is 21.0. The van der Waals surface area contributed by atoms with Gasteiger partial charge in [0.2, 0.25) is 11.6 Å². The first-order valence-electron chi connectivity index (χ1n) is 24.0. The third-order valence-corrected chi connectivity index (χ3v) is 13.5. The topological polar surface area (TPSA) is 63.0 Å². The van der Waals surface area contributed by atoms with E-state index in [1.54, 1.807) is 0 Å². The van der Waals surface area contributed by atoms with Crippen LogP contribution in [0.2, 0.25) is 0 Å². The molecule has 4 aromatic carbocycles. The summed E-state index contributed by atoms with van der Waals surface area (Å²) in [5.41, 5.74) is 10.9. The quantitative estimate of drug-likeness (QED) is 0.0708. The number of allylic oxidation sites excluding steroid dienone is 8. The van der Waals surface area contributed by atoms with Crippen LogP contribution in [0, 0.1) is 5.41 Å². The highest BCUT2D eigenvalue weighted by Crippen LogP contribution is 2.50. The Morgan fingerprint density at radius 1 is 0.734 bits per heavy atom. The van der Waals surface area contributed by atoms with Gasteiger partial charge in [-0.1, -0.05) is 107 Å². The number of carbonyl (C=O) groups excluding carboxylic acids is 1. The number of unbranched alkanes of at least 4 members (excludes halogenated alkanes) is 2. The molecule has 0 fully saturated rings. The van der Waals surface area contributed by atoms with Crippen molar-refractivity contribution in [3.63, 3.8) is 0 Å². The number of fused-ring (bicyclic) bond motifs is 6. The van der Waals surface area contributed by atoms with Crippen LogP contribution in [0.4, 0.5) is 11.4 Å². The maximum Gasteiger partial charge on any atom is 0.220 e. The summed E-state index contributed by atoms with van der Waals surface area (Å²) in [7, 11) is 2.22. The molecular weight excluding hydrogens is 791 g/mol. The van der Waals surface area contributed by atoms with E-state index in [9.17, 15) is 4.79 Å². The van der Waals surface area contributed by atoms with Gasteiger partial charge in [-0.3, -0.25) is 4.79 Å². The highest BCUT2D eigenvalue weighted by molar-refractivity contribution is 6.07. The van der Waals surface area contributed by atoms with E-state index in [4.69, 9.17) is 14.2 Å². The van der Waals surface area contributed by atoms with Gasteiger partial charge in [0.25, 0.3) is 0 Å². The highest BCUT2D eigenvalue weighted by Gasteiger charge is 2.45. The number of hydrogen-bond donors (Lipinski definition) is 1. The van der Waals surface area contributed by atoms with Gasteiger partial charge in [-0.2, -0.15) is 4.58 Å². The van der Waals surface area contributed by atoms with Crippen LogP contribution in [0.1, 0.15) is 111 Å². The monoisotopic (exact) mass is 865 g/mol. The third-order valence-electron chi connectivity index (χ3n) is 13.5. The summed E-state index contributed by atoms with van der Waals surface area (Å²) < 4.78 is 19.5. The Morgan fingerprint density at radius 2 is 1.39 bits per heavy atom. The van der Waals surface area contributed by atoms with Crippen molar-refractivity contribution in [3.05, 3.63) is 131 Å². The molecular formula is C57H74N3O4+. The van der Waals surface area contributed by atoms with Crippen LogP contribution in [-0.2, 0) is 29.8 Å². The summed E-state index contributed by atoms with van der Waals surface area (Å²) in [5, 5.41) is 8.28. The van der Waals surface area contributed by atoms with E-state index < -0.39 is 0 Å². The van der Waals surface area contributed by atoms with Crippen molar-refractivity contribution in [1.82, 2.24) is 5.32 Å². The van der Waals surface area contributed by atoms with Crippen LogP contribution in [0.3, 0.4) is 0 Å².